The van der Waals surface area contributed by atoms with Gasteiger partial charge in [-0.3, -0.25) is 14.5 Å². The number of hydrogen-bond donors (Lipinski definition) is 2. The summed E-state index contributed by atoms with van der Waals surface area (Å²) in [6.07, 6.45) is 4.94. The molecule has 2 heterocycles. The molecule has 2 aliphatic heterocycles. The van der Waals surface area contributed by atoms with Crippen LogP contribution in [0.4, 0.5) is 4.39 Å². The number of nitrogens with one attached hydrogen (secondary N) is 1. The normalized spacial score (nSPS) is 16.9. The van der Waals surface area contributed by atoms with Crippen molar-refractivity contribution < 1.29 is 23.8 Å². The van der Waals surface area contributed by atoms with Gasteiger partial charge < -0.3 is 20.1 Å². The second-order valence-electron chi connectivity index (χ2n) is 11.3. The molecule has 246 valence electrons. The van der Waals surface area contributed by atoms with Crippen molar-refractivity contribution in [2.75, 3.05) is 52.8 Å². The second kappa shape index (κ2) is 21.4. The van der Waals surface area contributed by atoms with Crippen LogP contribution in [0.3, 0.4) is 0 Å². The Morgan fingerprint density at radius 1 is 1.00 bits per heavy atom. The van der Waals surface area contributed by atoms with Crippen molar-refractivity contribution in [2.24, 2.45) is 5.92 Å². The maximum Gasteiger partial charge on any atom is 0.309 e. The highest BCUT2D eigenvalue weighted by Gasteiger charge is 2.24. The lowest BCUT2D eigenvalue weighted by Crippen LogP contribution is -2.48. The molecule has 2 N–H and O–H groups in total. The topological polar surface area (TPSA) is 82.1 Å². The van der Waals surface area contributed by atoms with Gasteiger partial charge in [-0.25, -0.2) is 4.39 Å². The zero-order valence-corrected chi connectivity index (χ0v) is 27.8. The number of aromatic hydroxyl groups is 1. The van der Waals surface area contributed by atoms with Crippen LogP contribution in [0.1, 0.15) is 53.7 Å². The Bertz CT molecular complexity index is 1290. The van der Waals surface area contributed by atoms with Crippen molar-refractivity contribution >= 4 is 23.9 Å². The number of hydrogen-bond acceptors (Lipinski definition) is 7. The highest BCUT2D eigenvalue weighted by atomic mass is 35.5. The Morgan fingerprint density at radius 3 is 2.27 bits per heavy atom. The maximum atomic E-state index is 13.0. The van der Waals surface area contributed by atoms with Crippen molar-refractivity contribution in [1.29, 1.82) is 0 Å². The number of nitrogens with zero attached hydrogens (tertiary/aromatic N) is 2. The molecule has 0 amide bonds. The van der Waals surface area contributed by atoms with E-state index in [9.17, 15) is 19.1 Å². The van der Waals surface area contributed by atoms with Gasteiger partial charge in [-0.2, -0.15) is 0 Å². The Labute approximate surface area is 273 Å². The van der Waals surface area contributed by atoms with Crippen molar-refractivity contribution in [2.45, 2.75) is 45.7 Å². The van der Waals surface area contributed by atoms with Gasteiger partial charge in [0.05, 0.1) is 12.5 Å². The number of ether oxygens (including phenoxy) is 1. The molecule has 1 atom stereocenters. The first-order chi connectivity index (χ1) is 21.7. The molecule has 0 aliphatic carbocycles. The molecule has 2 fully saturated rings. The van der Waals surface area contributed by atoms with Gasteiger partial charge in [-0.05, 0) is 100 Å². The number of alkyl halides is 1. The molecule has 3 aromatic rings. The standard InChI is InChI=1S/C14H12O2.C12H17FN2.C9H17NO2.CH3Cl/c15-10-13-5-1-3-11(8-13)7-12-4-2-6-14(16)9-12;1-10-8-15(6-5-14-10)9-11-3-2-4-12(13)7-11;1-3-12-9(11)8-4-6-10(2)7-5-8;1-2/h1-6,8-10,16H,7H2;2-4,7,10,14H,5-6,8-9H2,1H3;8H,3-7H2,1-2H3;1H3. The van der Waals surface area contributed by atoms with E-state index in [1.165, 1.54) is 12.4 Å². The number of esters is 1. The van der Waals surface area contributed by atoms with Gasteiger partial charge in [0.25, 0.3) is 0 Å². The fraction of sp³-hybridized carbons (Fsp3) is 0.444. The Hall–Kier alpha value is -3.30. The average molecular weight is 642 g/mol. The molecular formula is C36H49ClFN3O4. The number of halogens is 2. The zero-order chi connectivity index (χ0) is 33.0. The minimum atomic E-state index is -0.143. The van der Waals surface area contributed by atoms with Gasteiger partial charge in [0.1, 0.15) is 17.9 Å². The van der Waals surface area contributed by atoms with Crippen LogP contribution in [0.5, 0.6) is 5.75 Å². The number of phenolic OH excluding ortho intramolecular Hbond substituents is 1. The van der Waals surface area contributed by atoms with Crippen LogP contribution in [0, 0.1) is 11.7 Å². The number of benzene rings is 3. The lowest BCUT2D eigenvalue weighted by atomic mass is 9.97. The van der Waals surface area contributed by atoms with Crippen LogP contribution in [0.25, 0.3) is 0 Å². The SMILES string of the molecule is CC1CN(Cc2cccc(F)c2)CCN1.CCOC(=O)C1CCN(C)CC1.CCl.O=Cc1cccc(Cc2cccc(O)c2)c1. The highest BCUT2D eigenvalue weighted by molar-refractivity contribution is 6.15. The van der Waals surface area contributed by atoms with Crippen molar-refractivity contribution in [1.82, 2.24) is 15.1 Å². The fourth-order valence-corrected chi connectivity index (χ4v) is 5.23. The summed E-state index contributed by atoms with van der Waals surface area (Å²) >= 11 is 4.64. The number of carbonyl (C=O) groups is 2. The largest absolute Gasteiger partial charge is 0.508 e. The van der Waals surface area contributed by atoms with Gasteiger partial charge in [0.2, 0.25) is 0 Å². The number of carbonyl (C=O) groups excluding carboxylic acids is 2. The number of piperazine rings is 1. The summed E-state index contributed by atoms with van der Waals surface area (Å²) in [6.45, 7) is 10.5. The third-order valence-electron chi connectivity index (χ3n) is 7.49. The molecule has 3 aromatic carbocycles. The van der Waals surface area contributed by atoms with E-state index in [0.29, 0.717) is 18.2 Å². The second-order valence-corrected chi connectivity index (χ2v) is 11.3. The summed E-state index contributed by atoms with van der Waals surface area (Å²) in [7, 11) is 2.08. The smallest absolute Gasteiger partial charge is 0.309 e. The molecule has 0 radical (unpaired) electrons. The highest BCUT2D eigenvalue weighted by Crippen LogP contribution is 2.17. The molecule has 2 aliphatic rings. The number of piperidine rings is 1. The summed E-state index contributed by atoms with van der Waals surface area (Å²) in [5, 5.41) is 12.7. The third-order valence-corrected chi connectivity index (χ3v) is 7.49. The molecule has 9 heteroatoms. The minimum absolute atomic E-state index is 0.00870. The van der Waals surface area contributed by atoms with E-state index in [1.54, 1.807) is 30.3 Å². The first kappa shape index (κ1) is 37.9. The monoisotopic (exact) mass is 641 g/mol. The Morgan fingerprint density at radius 2 is 1.64 bits per heavy atom. The van der Waals surface area contributed by atoms with E-state index >= 15 is 0 Å². The fourth-order valence-electron chi connectivity index (χ4n) is 5.23. The number of phenols is 1. The van der Waals surface area contributed by atoms with Crippen LogP contribution in [-0.4, -0.2) is 86.0 Å². The Balaban J connectivity index is 0.000000231. The average Bonchev–Trinajstić information content (AvgIpc) is 3.03. The van der Waals surface area contributed by atoms with Crippen LogP contribution in [-0.2, 0) is 22.5 Å². The van der Waals surface area contributed by atoms with Gasteiger partial charge in [-0.15, -0.1) is 11.6 Å². The van der Waals surface area contributed by atoms with Gasteiger partial charge in [-0.1, -0.05) is 42.5 Å². The lowest BCUT2D eigenvalue weighted by molar-refractivity contribution is -0.149. The van der Waals surface area contributed by atoms with Gasteiger partial charge >= 0.3 is 5.97 Å². The summed E-state index contributed by atoms with van der Waals surface area (Å²) in [5.41, 5.74) is 3.83. The molecule has 7 nitrogen and oxygen atoms in total. The van der Waals surface area contributed by atoms with Crippen LogP contribution in [0.15, 0.2) is 72.8 Å². The Kier molecular flexibility index (Phi) is 18.0. The number of likely N-dealkylation sites (tertiary alicyclic amines) is 1. The van der Waals surface area contributed by atoms with E-state index in [0.717, 1.165) is 81.5 Å². The van der Waals surface area contributed by atoms with Crippen molar-refractivity contribution in [3.05, 3.63) is 101 Å². The van der Waals surface area contributed by atoms with Gasteiger partial charge in [0, 0.05) is 44.2 Å². The maximum absolute atomic E-state index is 13.0. The van der Waals surface area contributed by atoms with Gasteiger partial charge in [0.15, 0.2) is 0 Å². The third kappa shape index (κ3) is 15.0. The zero-order valence-electron chi connectivity index (χ0n) is 27.1. The molecule has 0 spiro atoms. The van der Waals surface area contributed by atoms with Crippen LogP contribution in [0.2, 0.25) is 0 Å². The first-order valence-corrected chi connectivity index (χ1v) is 16.3. The molecule has 0 bridgehead atoms. The molecule has 1 unspecified atom stereocenters. The van der Waals surface area contributed by atoms with Crippen molar-refractivity contribution in [3.63, 3.8) is 0 Å². The van der Waals surface area contributed by atoms with E-state index in [2.05, 4.69) is 40.7 Å². The molecule has 45 heavy (non-hydrogen) atoms. The summed E-state index contributed by atoms with van der Waals surface area (Å²) in [4.78, 5) is 26.5. The predicted octanol–water partition coefficient (Wildman–Crippen LogP) is 6.16. The molecule has 0 aromatic heterocycles. The van der Waals surface area contributed by atoms with E-state index < -0.39 is 0 Å². The summed E-state index contributed by atoms with van der Waals surface area (Å²) in [6, 6.07) is 22.0. The minimum Gasteiger partial charge on any atom is -0.508 e. The summed E-state index contributed by atoms with van der Waals surface area (Å²) < 4.78 is 17.9. The molecule has 2 saturated heterocycles. The summed E-state index contributed by atoms with van der Waals surface area (Å²) in [5.74, 6) is 0.270. The number of aldehydes is 1. The molecular weight excluding hydrogens is 593 g/mol. The predicted molar refractivity (Wildman–Crippen MR) is 181 cm³/mol. The van der Waals surface area contributed by atoms with E-state index in [1.807, 2.05) is 43.3 Å². The quantitative estimate of drug-likeness (QED) is 0.182. The molecule has 5 rings (SSSR count). The lowest BCUT2D eigenvalue weighted by Gasteiger charge is -2.31. The first-order valence-electron chi connectivity index (χ1n) is 15.5. The molecule has 0 saturated carbocycles. The number of rotatable bonds is 7. The van der Waals surface area contributed by atoms with Crippen LogP contribution >= 0.6 is 11.6 Å². The van der Waals surface area contributed by atoms with Crippen molar-refractivity contribution in [3.8, 4) is 5.75 Å². The van der Waals surface area contributed by atoms with Crippen LogP contribution < -0.4 is 5.32 Å². The van der Waals surface area contributed by atoms with E-state index in [-0.39, 0.29) is 23.5 Å². The van der Waals surface area contributed by atoms with E-state index in [4.69, 9.17) is 4.74 Å².